The lowest BCUT2D eigenvalue weighted by Crippen LogP contribution is -2.35. The molecule has 4 rings (SSSR count). The number of benzene rings is 2. The highest BCUT2D eigenvalue weighted by Gasteiger charge is 2.40. The fourth-order valence-electron chi connectivity index (χ4n) is 4.44. The van der Waals surface area contributed by atoms with E-state index < -0.39 is 23.5 Å². The number of hydrogen-bond acceptors (Lipinski definition) is 5. The summed E-state index contributed by atoms with van der Waals surface area (Å²) in [5.74, 6) is -2.04. The van der Waals surface area contributed by atoms with Gasteiger partial charge in [0.25, 0.3) is 5.91 Å². The summed E-state index contributed by atoms with van der Waals surface area (Å²) in [6, 6.07) is 8.10. The normalized spacial score (nSPS) is 18.0. The first-order chi connectivity index (χ1) is 15.8. The fourth-order valence-corrected chi connectivity index (χ4v) is 4.44. The number of carbonyl (C=O) groups excluding carboxylic acids is 2. The third-order valence-electron chi connectivity index (χ3n) is 5.95. The van der Waals surface area contributed by atoms with Crippen molar-refractivity contribution in [2.75, 3.05) is 19.5 Å². The maximum absolute atomic E-state index is 14.3. The van der Waals surface area contributed by atoms with Crippen molar-refractivity contribution in [2.45, 2.75) is 32.1 Å². The molecular formula is C25H24F2N2O4. The Bertz CT molecular complexity index is 1200. The molecule has 0 fully saturated rings. The van der Waals surface area contributed by atoms with Crippen LogP contribution in [0.25, 0.3) is 0 Å². The molecule has 1 aliphatic heterocycles. The van der Waals surface area contributed by atoms with Gasteiger partial charge in [0.1, 0.15) is 23.1 Å². The lowest BCUT2D eigenvalue weighted by Gasteiger charge is -2.35. The van der Waals surface area contributed by atoms with Crippen LogP contribution in [0.2, 0.25) is 0 Å². The SMILES string of the molecule is COc1ccc(OC)c([C@@H]2C(C(=O)Nc3ccc(F)cc3F)=C(C)NC3=C2C(=O)CCC3)c1. The molecule has 1 atom stereocenters. The summed E-state index contributed by atoms with van der Waals surface area (Å²) < 4.78 is 38.5. The molecule has 1 aliphatic carbocycles. The molecule has 172 valence electrons. The van der Waals surface area contributed by atoms with Crippen LogP contribution in [0.3, 0.4) is 0 Å². The van der Waals surface area contributed by atoms with Gasteiger partial charge in [-0.25, -0.2) is 8.78 Å². The van der Waals surface area contributed by atoms with Gasteiger partial charge in [0.05, 0.1) is 25.8 Å². The summed E-state index contributed by atoms with van der Waals surface area (Å²) >= 11 is 0. The number of allylic oxidation sites excluding steroid dienone is 3. The largest absolute Gasteiger partial charge is 0.497 e. The number of hydrogen-bond donors (Lipinski definition) is 2. The van der Waals surface area contributed by atoms with Gasteiger partial charge >= 0.3 is 0 Å². The Labute approximate surface area is 190 Å². The highest BCUT2D eigenvalue weighted by Crippen LogP contribution is 2.46. The Morgan fingerprint density at radius 2 is 1.88 bits per heavy atom. The maximum Gasteiger partial charge on any atom is 0.254 e. The van der Waals surface area contributed by atoms with E-state index in [2.05, 4.69) is 10.6 Å². The Balaban J connectivity index is 1.86. The molecular weight excluding hydrogens is 430 g/mol. The van der Waals surface area contributed by atoms with Gasteiger partial charge in [-0.1, -0.05) is 0 Å². The second kappa shape index (κ2) is 9.05. The molecule has 1 heterocycles. The topological polar surface area (TPSA) is 76.7 Å². The second-order valence-corrected chi connectivity index (χ2v) is 7.95. The molecule has 2 aromatic rings. The molecule has 6 nitrogen and oxygen atoms in total. The van der Waals surface area contributed by atoms with Crippen LogP contribution < -0.4 is 20.1 Å². The van der Waals surface area contributed by atoms with Crippen LogP contribution in [0.15, 0.2) is 58.9 Å². The van der Waals surface area contributed by atoms with Crippen LogP contribution in [0, 0.1) is 11.6 Å². The van der Waals surface area contributed by atoms with E-state index >= 15 is 0 Å². The van der Waals surface area contributed by atoms with E-state index in [9.17, 15) is 18.4 Å². The molecule has 2 aliphatic rings. The van der Waals surface area contributed by atoms with Gasteiger partial charge in [-0.15, -0.1) is 0 Å². The Morgan fingerprint density at radius 1 is 1.09 bits per heavy atom. The van der Waals surface area contributed by atoms with Crippen LogP contribution >= 0.6 is 0 Å². The molecule has 0 aromatic heterocycles. The van der Waals surface area contributed by atoms with Gasteiger partial charge in [-0.2, -0.15) is 0 Å². The highest BCUT2D eigenvalue weighted by atomic mass is 19.1. The molecule has 33 heavy (non-hydrogen) atoms. The summed E-state index contributed by atoms with van der Waals surface area (Å²) in [6.07, 6.45) is 1.74. The number of methoxy groups -OCH3 is 2. The molecule has 0 unspecified atom stereocenters. The number of anilines is 1. The number of dihydropyridines is 1. The second-order valence-electron chi connectivity index (χ2n) is 7.95. The molecule has 8 heteroatoms. The zero-order valence-corrected chi connectivity index (χ0v) is 18.6. The van der Waals surface area contributed by atoms with Crippen LogP contribution in [0.1, 0.15) is 37.7 Å². The van der Waals surface area contributed by atoms with Gasteiger partial charge < -0.3 is 20.1 Å². The minimum Gasteiger partial charge on any atom is -0.497 e. The standard InChI is InChI=1S/C25H24F2N2O4/c1-13-22(25(31)29-18-9-7-14(26)11-17(18)27)23(24-19(28-13)5-4-6-20(24)30)16-12-15(32-2)8-10-21(16)33-3/h7-12,23,28H,4-6H2,1-3H3,(H,29,31)/t23-/m1/s1. The van der Waals surface area contributed by atoms with Crippen molar-refractivity contribution in [3.63, 3.8) is 0 Å². The van der Waals surface area contributed by atoms with E-state index in [1.54, 1.807) is 25.1 Å². The smallest absolute Gasteiger partial charge is 0.254 e. The van der Waals surface area contributed by atoms with Crippen molar-refractivity contribution < 1.29 is 27.8 Å². The molecule has 1 amide bonds. The van der Waals surface area contributed by atoms with E-state index in [1.807, 2.05) is 0 Å². The fraction of sp³-hybridized carbons (Fsp3) is 0.280. The predicted molar refractivity (Wildman–Crippen MR) is 119 cm³/mol. The number of halogens is 2. The van der Waals surface area contributed by atoms with Gasteiger partial charge in [0, 0.05) is 40.6 Å². The minimum atomic E-state index is -0.894. The third kappa shape index (κ3) is 4.20. The average Bonchev–Trinajstić information content (AvgIpc) is 2.79. The molecule has 2 aromatic carbocycles. The number of ketones is 1. The molecule has 2 N–H and O–H groups in total. The van der Waals surface area contributed by atoms with E-state index in [1.165, 1.54) is 14.2 Å². The van der Waals surface area contributed by atoms with E-state index in [0.717, 1.165) is 17.8 Å². The summed E-state index contributed by atoms with van der Waals surface area (Å²) in [7, 11) is 3.03. The zero-order chi connectivity index (χ0) is 23.7. The molecule has 0 spiro atoms. The molecule has 0 saturated heterocycles. The summed E-state index contributed by atoms with van der Waals surface area (Å²) in [6.45, 7) is 1.73. The van der Waals surface area contributed by atoms with Crippen molar-refractivity contribution in [1.29, 1.82) is 0 Å². The number of rotatable bonds is 5. The average molecular weight is 454 g/mol. The maximum atomic E-state index is 14.3. The number of carbonyl (C=O) groups is 2. The minimum absolute atomic E-state index is 0.0654. The lowest BCUT2D eigenvalue weighted by molar-refractivity contribution is -0.116. The van der Waals surface area contributed by atoms with Crippen LogP contribution in [-0.4, -0.2) is 25.9 Å². The van der Waals surface area contributed by atoms with Gasteiger partial charge in [0.2, 0.25) is 0 Å². The number of ether oxygens (including phenoxy) is 2. The lowest BCUT2D eigenvalue weighted by atomic mass is 9.74. The number of amides is 1. The van der Waals surface area contributed by atoms with Crippen LogP contribution in [0.4, 0.5) is 14.5 Å². The van der Waals surface area contributed by atoms with Gasteiger partial charge in [0.15, 0.2) is 5.78 Å². The Morgan fingerprint density at radius 3 is 2.58 bits per heavy atom. The van der Waals surface area contributed by atoms with Gasteiger partial charge in [-0.05, 0) is 50.1 Å². The van der Waals surface area contributed by atoms with Crippen molar-refractivity contribution in [1.82, 2.24) is 5.32 Å². The third-order valence-corrected chi connectivity index (χ3v) is 5.95. The summed E-state index contributed by atoms with van der Waals surface area (Å²) in [5.41, 5.74) is 2.47. The summed E-state index contributed by atoms with van der Waals surface area (Å²) in [5, 5.41) is 5.74. The molecule has 0 saturated carbocycles. The number of Topliss-reactive ketones (excluding diaryl/α,β-unsaturated/α-hetero) is 1. The van der Waals surface area contributed by atoms with Gasteiger partial charge in [-0.3, -0.25) is 9.59 Å². The van der Waals surface area contributed by atoms with Crippen LogP contribution in [0.5, 0.6) is 11.5 Å². The van der Waals surface area contributed by atoms with E-state index in [-0.39, 0.29) is 17.0 Å². The van der Waals surface area contributed by atoms with Crippen molar-refractivity contribution in [3.8, 4) is 11.5 Å². The van der Waals surface area contributed by atoms with Crippen molar-refractivity contribution in [3.05, 3.63) is 76.1 Å². The first kappa shape index (κ1) is 22.5. The first-order valence-corrected chi connectivity index (χ1v) is 10.6. The zero-order valence-electron chi connectivity index (χ0n) is 18.6. The molecule has 0 bridgehead atoms. The Hall–Kier alpha value is -3.68. The first-order valence-electron chi connectivity index (χ1n) is 10.6. The van der Waals surface area contributed by atoms with E-state index in [0.29, 0.717) is 53.7 Å². The summed E-state index contributed by atoms with van der Waals surface area (Å²) in [4.78, 5) is 26.5. The van der Waals surface area contributed by atoms with E-state index in [4.69, 9.17) is 9.47 Å². The monoisotopic (exact) mass is 454 g/mol. The van der Waals surface area contributed by atoms with Crippen LogP contribution in [-0.2, 0) is 9.59 Å². The van der Waals surface area contributed by atoms with Crippen molar-refractivity contribution in [2.24, 2.45) is 0 Å². The molecule has 0 radical (unpaired) electrons. The number of nitrogens with one attached hydrogen (secondary N) is 2. The quantitative estimate of drug-likeness (QED) is 0.691. The predicted octanol–water partition coefficient (Wildman–Crippen LogP) is 4.59. The Kier molecular flexibility index (Phi) is 6.18. The highest BCUT2D eigenvalue weighted by molar-refractivity contribution is 6.10. The van der Waals surface area contributed by atoms with Crippen molar-refractivity contribution >= 4 is 17.4 Å².